The molecule has 2 aliphatic rings. The van der Waals surface area contributed by atoms with Crippen molar-refractivity contribution in [3.8, 4) is 0 Å². The van der Waals surface area contributed by atoms with Crippen LogP contribution in [0.1, 0.15) is 56.9 Å². The van der Waals surface area contributed by atoms with Gasteiger partial charge in [-0.2, -0.15) is 13.2 Å². The molecule has 2 amide bonds. The molecule has 1 aromatic rings. The number of methoxy groups -OCH3 is 1. The van der Waals surface area contributed by atoms with Crippen LogP contribution in [0.15, 0.2) is 18.2 Å². The van der Waals surface area contributed by atoms with E-state index in [4.69, 9.17) is 0 Å². The lowest BCUT2D eigenvalue weighted by molar-refractivity contribution is -0.137. The molecule has 6 nitrogen and oxygen atoms in total. The van der Waals surface area contributed by atoms with Crippen LogP contribution >= 0.6 is 0 Å². The summed E-state index contributed by atoms with van der Waals surface area (Å²) in [6, 6.07) is 4.12. The first kappa shape index (κ1) is 24.2. The minimum atomic E-state index is -4.55. The lowest BCUT2D eigenvalue weighted by Gasteiger charge is -2.37. The number of halogens is 3. The van der Waals surface area contributed by atoms with Gasteiger partial charge in [-0.25, -0.2) is 4.79 Å². The second-order valence-corrected chi connectivity index (χ2v) is 8.72. The summed E-state index contributed by atoms with van der Waals surface area (Å²) in [5, 5.41) is 2.30. The SMILES string of the molecule is COC(=O)Nc1ccc(N2CCC[C@@H](CCN(C=O)C3CCCCC3)C2)c(C(F)(F)F)c1. The van der Waals surface area contributed by atoms with Crippen molar-refractivity contribution in [1.29, 1.82) is 0 Å². The van der Waals surface area contributed by atoms with Crippen LogP contribution in [-0.2, 0) is 15.7 Å². The number of alkyl halides is 3. The van der Waals surface area contributed by atoms with Crippen molar-refractivity contribution in [2.45, 2.75) is 63.6 Å². The van der Waals surface area contributed by atoms with Gasteiger partial charge in [0.2, 0.25) is 6.41 Å². The van der Waals surface area contributed by atoms with Gasteiger partial charge in [-0.05, 0) is 56.2 Å². The summed E-state index contributed by atoms with van der Waals surface area (Å²) in [5.74, 6) is 0.226. The molecular weight excluding hydrogens is 423 g/mol. The summed E-state index contributed by atoms with van der Waals surface area (Å²) < 4.78 is 45.8. The van der Waals surface area contributed by atoms with Crippen LogP contribution in [-0.4, -0.2) is 50.2 Å². The molecule has 1 aliphatic heterocycles. The van der Waals surface area contributed by atoms with Crippen LogP contribution in [0.25, 0.3) is 0 Å². The van der Waals surface area contributed by atoms with E-state index in [1.807, 2.05) is 4.90 Å². The van der Waals surface area contributed by atoms with E-state index in [1.54, 1.807) is 4.90 Å². The fourth-order valence-corrected chi connectivity index (χ4v) is 4.87. The number of hydrogen-bond donors (Lipinski definition) is 1. The molecule has 3 rings (SSSR count). The Balaban J connectivity index is 1.68. The predicted octanol–water partition coefficient (Wildman–Crippen LogP) is 5.28. The fourth-order valence-electron chi connectivity index (χ4n) is 4.87. The van der Waals surface area contributed by atoms with E-state index in [2.05, 4.69) is 10.1 Å². The highest BCUT2D eigenvalue weighted by atomic mass is 19.4. The number of nitrogens with one attached hydrogen (secondary N) is 1. The van der Waals surface area contributed by atoms with Crippen molar-refractivity contribution < 1.29 is 27.5 Å². The van der Waals surface area contributed by atoms with Gasteiger partial charge in [-0.1, -0.05) is 19.3 Å². The van der Waals surface area contributed by atoms with Crippen LogP contribution in [0.5, 0.6) is 0 Å². The van der Waals surface area contributed by atoms with Gasteiger partial charge in [-0.3, -0.25) is 10.1 Å². The highest BCUT2D eigenvalue weighted by Crippen LogP contribution is 2.40. The molecule has 32 heavy (non-hydrogen) atoms. The van der Waals surface area contributed by atoms with Gasteiger partial charge in [0.05, 0.1) is 12.7 Å². The first-order valence-electron chi connectivity index (χ1n) is 11.3. The van der Waals surface area contributed by atoms with Crippen molar-refractivity contribution >= 4 is 23.9 Å². The van der Waals surface area contributed by atoms with Gasteiger partial charge in [0, 0.05) is 37.1 Å². The zero-order valence-electron chi connectivity index (χ0n) is 18.5. The second-order valence-electron chi connectivity index (χ2n) is 8.72. The second kappa shape index (κ2) is 10.9. The average molecular weight is 456 g/mol. The van der Waals surface area contributed by atoms with E-state index >= 15 is 0 Å². The van der Waals surface area contributed by atoms with E-state index < -0.39 is 17.8 Å². The summed E-state index contributed by atoms with van der Waals surface area (Å²) in [6.45, 7) is 1.72. The van der Waals surface area contributed by atoms with Gasteiger partial charge in [0.25, 0.3) is 0 Å². The maximum atomic E-state index is 13.8. The lowest BCUT2D eigenvalue weighted by atomic mass is 9.91. The summed E-state index contributed by atoms with van der Waals surface area (Å²) in [5.41, 5.74) is -0.614. The number of ether oxygens (including phenoxy) is 1. The molecule has 178 valence electrons. The number of hydrogen-bond acceptors (Lipinski definition) is 4. The highest BCUT2D eigenvalue weighted by molar-refractivity contribution is 5.85. The molecule has 0 spiro atoms. The maximum absolute atomic E-state index is 13.8. The van der Waals surface area contributed by atoms with Gasteiger partial charge in [0.15, 0.2) is 0 Å². The van der Waals surface area contributed by atoms with Gasteiger partial charge in [-0.15, -0.1) is 0 Å². The lowest BCUT2D eigenvalue weighted by Crippen LogP contribution is -2.40. The predicted molar refractivity (Wildman–Crippen MR) is 117 cm³/mol. The first-order chi connectivity index (χ1) is 15.3. The number of benzene rings is 1. The molecule has 1 heterocycles. The van der Waals surface area contributed by atoms with E-state index in [-0.39, 0.29) is 17.3 Å². The zero-order valence-corrected chi connectivity index (χ0v) is 18.5. The van der Waals surface area contributed by atoms with E-state index in [0.717, 1.165) is 64.5 Å². The molecule has 0 radical (unpaired) electrons. The Labute approximate surface area is 187 Å². The number of rotatable bonds is 7. The Morgan fingerprint density at radius 1 is 1.22 bits per heavy atom. The normalized spacial score (nSPS) is 20.0. The van der Waals surface area contributed by atoms with Crippen molar-refractivity contribution in [2.75, 3.05) is 37.0 Å². The third kappa shape index (κ3) is 6.29. The molecule has 1 aliphatic carbocycles. The van der Waals surface area contributed by atoms with Gasteiger partial charge in [0.1, 0.15) is 0 Å². The van der Waals surface area contributed by atoms with Crippen molar-refractivity contribution in [3.05, 3.63) is 23.8 Å². The number of carbonyl (C=O) groups is 2. The smallest absolute Gasteiger partial charge is 0.418 e. The minimum Gasteiger partial charge on any atom is -0.453 e. The van der Waals surface area contributed by atoms with Crippen molar-refractivity contribution in [1.82, 2.24) is 4.90 Å². The Hall–Kier alpha value is -2.45. The zero-order chi connectivity index (χ0) is 23.1. The number of anilines is 2. The Kier molecular flexibility index (Phi) is 8.26. The molecular formula is C23H32F3N3O3. The quantitative estimate of drug-likeness (QED) is 0.568. The minimum absolute atomic E-state index is 0.0376. The Morgan fingerprint density at radius 3 is 2.62 bits per heavy atom. The first-order valence-corrected chi connectivity index (χ1v) is 11.3. The Bertz CT molecular complexity index is 781. The molecule has 1 N–H and O–H groups in total. The van der Waals surface area contributed by atoms with Crippen LogP contribution in [0.3, 0.4) is 0 Å². The number of amides is 2. The Morgan fingerprint density at radius 2 is 1.97 bits per heavy atom. The molecule has 1 saturated carbocycles. The standard InChI is InChI=1S/C23H32F3N3O3/c1-32-22(31)27-18-9-10-21(20(14-18)23(24,25)26)28-12-5-6-17(15-28)11-13-29(16-30)19-7-3-2-4-8-19/h9-10,14,16-17,19H,2-8,11-13,15H2,1H3,(H,27,31)/t17-/m0/s1. The van der Waals surface area contributed by atoms with Crippen LogP contribution < -0.4 is 10.2 Å². The number of piperidine rings is 1. The van der Waals surface area contributed by atoms with Crippen molar-refractivity contribution in [3.63, 3.8) is 0 Å². The van der Waals surface area contributed by atoms with Crippen LogP contribution in [0.2, 0.25) is 0 Å². The topological polar surface area (TPSA) is 61.9 Å². The maximum Gasteiger partial charge on any atom is 0.418 e. The molecule has 1 saturated heterocycles. The molecule has 0 aromatic heterocycles. The average Bonchev–Trinajstić information content (AvgIpc) is 2.79. The molecule has 0 unspecified atom stereocenters. The van der Waals surface area contributed by atoms with Gasteiger partial charge >= 0.3 is 12.3 Å². The molecule has 1 aromatic carbocycles. The molecule has 2 fully saturated rings. The third-order valence-corrected chi connectivity index (χ3v) is 6.57. The largest absolute Gasteiger partial charge is 0.453 e. The van der Waals surface area contributed by atoms with Crippen molar-refractivity contribution in [2.24, 2.45) is 5.92 Å². The summed E-state index contributed by atoms with van der Waals surface area (Å²) in [7, 11) is 1.16. The third-order valence-electron chi connectivity index (χ3n) is 6.57. The molecule has 0 bridgehead atoms. The highest BCUT2D eigenvalue weighted by Gasteiger charge is 2.36. The van der Waals surface area contributed by atoms with Crippen LogP contribution in [0.4, 0.5) is 29.3 Å². The van der Waals surface area contributed by atoms with Crippen LogP contribution in [0, 0.1) is 5.92 Å². The fraction of sp³-hybridized carbons (Fsp3) is 0.652. The number of nitrogens with zero attached hydrogens (tertiary/aromatic N) is 2. The monoisotopic (exact) mass is 455 g/mol. The summed E-state index contributed by atoms with van der Waals surface area (Å²) >= 11 is 0. The van der Waals surface area contributed by atoms with Gasteiger partial charge < -0.3 is 14.5 Å². The summed E-state index contributed by atoms with van der Waals surface area (Å²) in [4.78, 5) is 26.7. The molecule has 1 atom stereocenters. The van der Waals surface area contributed by atoms with E-state index in [9.17, 15) is 22.8 Å². The van der Waals surface area contributed by atoms with E-state index in [0.29, 0.717) is 25.7 Å². The molecule has 9 heteroatoms. The van der Waals surface area contributed by atoms with E-state index in [1.165, 1.54) is 18.6 Å². The summed E-state index contributed by atoms with van der Waals surface area (Å²) in [6.07, 6.45) is 3.68. The number of carbonyl (C=O) groups excluding carboxylic acids is 2.